The van der Waals surface area contributed by atoms with Crippen molar-refractivity contribution in [3.63, 3.8) is 0 Å². The van der Waals surface area contributed by atoms with Gasteiger partial charge in [0.1, 0.15) is 5.78 Å². The summed E-state index contributed by atoms with van der Waals surface area (Å²) >= 11 is 0. The number of hydrogen-bond donors (Lipinski definition) is 0. The standard InChI is InChI=1S/C15H24O/c1-10-8-11(2)15(5)12(9-10)6-7-14(3,4)13(15)16/h8,11-12H,6-7,9H2,1-5H3/t11-,12+,15-/m1/s1. The van der Waals surface area contributed by atoms with Crippen molar-refractivity contribution in [1.29, 1.82) is 0 Å². The Bertz CT molecular complexity index is 350. The fraction of sp³-hybridized carbons (Fsp3) is 0.800. The molecule has 0 spiro atoms. The average Bonchev–Trinajstić information content (AvgIpc) is 2.18. The average molecular weight is 220 g/mol. The van der Waals surface area contributed by atoms with E-state index in [0.29, 0.717) is 17.6 Å². The smallest absolute Gasteiger partial charge is 0.145 e. The van der Waals surface area contributed by atoms with Gasteiger partial charge in [0.15, 0.2) is 0 Å². The fourth-order valence-electron chi connectivity index (χ4n) is 3.81. The number of Topliss-reactive ketones (excluding diaryl/α,β-unsaturated/α-hetero) is 1. The third-order valence-corrected chi connectivity index (χ3v) is 5.12. The normalized spacial score (nSPS) is 42.6. The Kier molecular flexibility index (Phi) is 2.56. The predicted molar refractivity (Wildman–Crippen MR) is 67.2 cm³/mol. The van der Waals surface area contributed by atoms with Crippen molar-refractivity contribution in [3.8, 4) is 0 Å². The summed E-state index contributed by atoms with van der Waals surface area (Å²) in [6, 6.07) is 0. The number of fused-ring (bicyclic) bond motifs is 1. The van der Waals surface area contributed by atoms with Crippen molar-refractivity contribution in [2.24, 2.45) is 22.7 Å². The van der Waals surface area contributed by atoms with Gasteiger partial charge in [0, 0.05) is 10.8 Å². The summed E-state index contributed by atoms with van der Waals surface area (Å²) in [4.78, 5) is 12.7. The Balaban J connectivity index is 2.43. The molecule has 1 heteroatoms. The maximum absolute atomic E-state index is 12.7. The molecule has 0 aromatic heterocycles. The van der Waals surface area contributed by atoms with Gasteiger partial charge in [-0.1, -0.05) is 39.3 Å². The number of allylic oxidation sites excluding steroid dienone is 2. The van der Waals surface area contributed by atoms with Gasteiger partial charge in [-0.3, -0.25) is 4.79 Å². The van der Waals surface area contributed by atoms with Gasteiger partial charge < -0.3 is 0 Å². The molecule has 0 aromatic carbocycles. The number of carbonyl (C=O) groups excluding carboxylic acids is 1. The maximum atomic E-state index is 12.7. The molecular weight excluding hydrogens is 196 g/mol. The lowest BCUT2D eigenvalue weighted by atomic mass is 9.51. The van der Waals surface area contributed by atoms with Crippen LogP contribution < -0.4 is 0 Å². The molecule has 2 rings (SSSR count). The highest BCUT2D eigenvalue weighted by Crippen LogP contribution is 2.54. The molecule has 2 aliphatic rings. The molecule has 0 unspecified atom stereocenters. The van der Waals surface area contributed by atoms with E-state index in [9.17, 15) is 4.79 Å². The molecule has 0 radical (unpaired) electrons. The van der Waals surface area contributed by atoms with E-state index >= 15 is 0 Å². The Morgan fingerprint density at radius 1 is 1.31 bits per heavy atom. The summed E-state index contributed by atoms with van der Waals surface area (Å²) in [6.07, 6.45) is 5.72. The molecule has 0 aromatic rings. The lowest BCUT2D eigenvalue weighted by Crippen LogP contribution is -2.52. The molecule has 16 heavy (non-hydrogen) atoms. The minimum Gasteiger partial charge on any atom is -0.298 e. The van der Waals surface area contributed by atoms with Gasteiger partial charge in [-0.25, -0.2) is 0 Å². The van der Waals surface area contributed by atoms with Crippen LogP contribution in [0.1, 0.15) is 53.9 Å². The summed E-state index contributed by atoms with van der Waals surface area (Å²) < 4.78 is 0. The van der Waals surface area contributed by atoms with E-state index in [-0.39, 0.29) is 10.8 Å². The largest absolute Gasteiger partial charge is 0.298 e. The molecule has 0 saturated heterocycles. The summed E-state index contributed by atoms with van der Waals surface area (Å²) in [6.45, 7) is 10.9. The molecule has 0 bridgehead atoms. The van der Waals surface area contributed by atoms with E-state index in [1.165, 1.54) is 12.0 Å². The first kappa shape index (κ1) is 11.9. The Morgan fingerprint density at radius 2 is 1.94 bits per heavy atom. The third-order valence-electron chi connectivity index (χ3n) is 5.12. The molecule has 0 heterocycles. The van der Waals surface area contributed by atoms with Crippen molar-refractivity contribution in [1.82, 2.24) is 0 Å². The Morgan fingerprint density at radius 3 is 2.56 bits per heavy atom. The monoisotopic (exact) mass is 220 g/mol. The highest BCUT2D eigenvalue weighted by atomic mass is 16.1. The zero-order valence-corrected chi connectivity index (χ0v) is 11.3. The van der Waals surface area contributed by atoms with Crippen LogP contribution in [0, 0.1) is 22.7 Å². The van der Waals surface area contributed by atoms with Gasteiger partial charge >= 0.3 is 0 Å². The van der Waals surface area contributed by atoms with Gasteiger partial charge in [-0.2, -0.15) is 0 Å². The second kappa shape index (κ2) is 3.45. The second-order valence-electron chi connectivity index (χ2n) is 6.74. The molecule has 1 saturated carbocycles. The molecular formula is C15H24O. The van der Waals surface area contributed by atoms with Gasteiger partial charge in [0.05, 0.1) is 0 Å². The topological polar surface area (TPSA) is 17.1 Å². The van der Waals surface area contributed by atoms with E-state index in [1.807, 2.05) is 0 Å². The summed E-state index contributed by atoms with van der Waals surface area (Å²) in [5.74, 6) is 1.47. The van der Waals surface area contributed by atoms with E-state index in [0.717, 1.165) is 12.8 Å². The van der Waals surface area contributed by atoms with Crippen LogP contribution in [0.3, 0.4) is 0 Å². The highest BCUT2D eigenvalue weighted by molar-refractivity contribution is 5.91. The van der Waals surface area contributed by atoms with Crippen LogP contribution in [0.25, 0.3) is 0 Å². The first-order valence-corrected chi connectivity index (χ1v) is 6.50. The molecule has 0 N–H and O–H groups in total. The Labute approximate surface area is 99.3 Å². The number of hydrogen-bond acceptors (Lipinski definition) is 1. The molecule has 0 aliphatic heterocycles. The highest BCUT2D eigenvalue weighted by Gasteiger charge is 2.54. The Hall–Kier alpha value is -0.590. The summed E-state index contributed by atoms with van der Waals surface area (Å²) in [5, 5.41) is 0. The van der Waals surface area contributed by atoms with Crippen LogP contribution in [-0.4, -0.2) is 5.78 Å². The van der Waals surface area contributed by atoms with E-state index in [2.05, 4.69) is 40.7 Å². The third kappa shape index (κ3) is 1.48. The molecule has 1 fully saturated rings. The van der Waals surface area contributed by atoms with E-state index in [4.69, 9.17) is 0 Å². The maximum Gasteiger partial charge on any atom is 0.145 e. The summed E-state index contributed by atoms with van der Waals surface area (Å²) in [5.41, 5.74) is 1.25. The summed E-state index contributed by atoms with van der Waals surface area (Å²) in [7, 11) is 0. The van der Waals surface area contributed by atoms with Gasteiger partial charge in [0.2, 0.25) is 0 Å². The van der Waals surface area contributed by atoms with Crippen molar-refractivity contribution in [3.05, 3.63) is 11.6 Å². The molecule has 0 amide bonds. The quantitative estimate of drug-likeness (QED) is 0.564. The SMILES string of the molecule is CC1=C[C@@H](C)[C@@]2(C)C(=O)C(C)(C)CC[C@H]2C1. The van der Waals surface area contributed by atoms with Crippen molar-refractivity contribution >= 4 is 5.78 Å². The van der Waals surface area contributed by atoms with Gasteiger partial charge in [-0.05, 0) is 38.0 Å². The van der Waals surface area contributed by atoms with Crippen molar-refractivity contribution < 1.29 is 4.79 Å². The first-order valence-electron chi connectivity index (χ1n) is 6.50. The number of rotatable bonds is 0. The van der Waals surface area contributed by atoms with Crippen LogP contribution in [0.2, 0.25) is 0 Å². The molecule has 3 atom stereocenters. The van der Waals surface area contributed by atoms with Crippen molar-refractivity contribution in [2.75, 3.05) is 0 Å². The van der Waals surface area contributed by atoms with Gasteiger partial charge in [0.25, 0.3) is 0 Å². The van der Waals surface area contributed by atoms with Crippen LogP contribution in [0.5, 0.6) is 0 Å². The molecule has 90 valence electrons. The fourth-order valence-corrected chi connectivity index (χ4v) is 3.81. The minimum absolute atomic E-state index is 0.110. The van der Waals surface area contributed by atoms with Crippen LogP contribution in [0.4, 0.5) is 0 Å². The minimum atomic E-state index is -0.113. The lowest BCUT2D eigenvalue weighted by molar-refractivity contribution is -0.148. The zero-order chi connectivity index (χ0) is 12.1. The second-order valence-corrected chi connectivity index (χ2v) is 6.74. The number of carbonyl (C=O) groups is 1. The van der Waals surface area contributed by atoms with Crippen LogP contribution in [-0.2, 0) is 4.79 Å². The van der Waals surface area contributed by atoms with Gasteiger partial charge in [-0.15, -0.1) is 0 Å². The predicted octanol–water partition coefficient (Wildman–Crippen LogP) is 3.98. The zero-order valence-electron chi connectivity index (χ0n) is 11.3. The first-order chi connectivity index (χ1) is 7.28. The lowest BCUT2D eigenvalue weighted by Gasteiger charge is -2.51. The van der Waals surface area contributed by atoms with Crippen LogP contribution >= 0.6 is 0 Å². The van der Waals surface area contributed by atoms with Crippen LogP contribution in [0.15, 0.2) is 11.6 Å². The number of ketones is 1. The van der Waals surface area contributed by atoms with Crippen molar-refractivity contribution in [2.45, 2.75) is 53.9 Å². The van der Waals surface area contributed by atoms with E-state index in [1.54, 1.807) is 0 Å². The van der Waals surface area contributed by atoms with E-state index < -0.39 is 0 Å². The molecule has 1 nitrogen and oxygen atoms in total. The molecule has 2 aliphatic carbocycles.